The number of carbonyl (C=O) groups excluding carboxylic acids is 1. The fourth-order valence-corrected chi connectivity index (χ4v) is 2.71. The van der Waals surface area contributed by atoms with Crippen LogP contribution in [-0.4, -0.2) is 29.3 Å². The molecule has 2 nitrogen and oxygen atoms in total. The van der Waals surface area contributed by atoms with E-state index in [4.69, 9.17) is 0 Å². The molecule has 0 aromatic carbocycles. The summed E-state index contributed by atoms with van der Waals surface area (Å²) in [5.41, 5.74) is 0.0911. The third kappa shape index (κ3) is 4.72. The topological polar surface area (TPSA) is 20.3 Å². The van der Waals surface area contributed by atoms with Gasteiger partial charge in [0.2, 0.25) is 0 Å². The van der Waals surface area contributed by atoms with E-state index < -0.39 is 0 Å². The highest BCUT2D eigenvalue weighted by molar-refractivity contribution is 5.87. The predicted molar refractivity (Wildman–Crippen MR) is 77.8 cm³/mol. The quantitative estimate of drug-likeness (QED) is 0.737. The molecule has 0 N–H and O–H groups in total. The van der Waals surface area contributed by atoms with Crippen LogP contribution in [0, 0.1) is 5.41 Å². The van der Waals surface area contributed by atoms with Crippen molar-refractivity contribution in [3.8, 4) is 0 Å². The van der Waals surface area contributed by atoms with Gasteiger partial charge in [-0.15, -0.1) is 0 Å². The Bertz CT molecular complexity index is 269. The van der Waals surface area contributed by atoms with E-state index in [-0.39, 0.29) is 5.54 Å². The first-order valence-electron chi connectivity index (χ1n) is 7.52. The van der Waals surface area contributed by atoms with Crippen LogP contribution >= 0.6 is 0 Å². The highest BCUT2D eigenvalue weighted by Gasteiger charge is 2.34. The van der Waals surface area contributed by atoms with Gasteiger partial charge < -0.3 is 0 Å². The molecule has 0 aromatic rings. The SMILES string of the molecule is CC(C)(C)CCCC(=O)C(C)(C)N1CCCCC1. The average Bonchev–Trinajstić information content (AvgIpc) is 2.28. The molecule has 1 aliphatic heterocycles. The Hall–Kier alpha value is -0.370. The number of likely N-dealkylation sites (tertiary alicyclic amines) is 1. The number of rotatable bonds is 5. The van der Waals surface area contributed by atoms with E-state index in [1.54, 1.807) is 0 Å². The minimum Gasteiger partial charge on any atom is -0.298 e. The Morgan fingerprint density at radius 1 is 1.00 bits per heavy atom. The molecule has 0 saturated carbocycles. The first kappa shape index (κ1) is 15.7. The summed E-state index contributed by atoms with van der Waals surface area (Å²) >= 11 is 0. The Morgan fingerprint density at radius 3 is 2.06 bits per heavy atom. The molecule has 0 radical (unpaired) electrons. The van der Waals surface area contributed by atoms with E-state index in [0.717, 1.165) is 32.4 Å². The van der Waals surface area contributed by atoms with Crippen molar-refractivity contribution in [2.75, 3.05) is 13.1 Å². The zero-order chi connectivity index (χ0) is 13.8. The molecule has 1 aliphatic rings. The molecule has 106 valence electrons. The molecule has 1 fully saturated rings. The zero-order valence-electron chi connectivity index (χ0n) is 13.0. The van der Waals surface area contributed by atoms with Gasteiger partial charge in [-0.05, 0) is 58.0 Å². The van der Waals surface area contributed by atoms with Crippen molar-refractivity contribution >= 4 is 5.78 Å². The molecule has 0 atom stereocenters. The van der Waals surface area contributed by atoms with Crippen molar-refractivity contribution in [2.45, 2.75) is 78.7 Å². The summed E-state index contributed by atoms with van der Waals surface area (Å²) in [6, 6.07) is 0. The largest absolute Gasteiger partial charge is 0.298 e. The van der Waals surface area contributed by atoms with Gasteiger partial charge in [-0.1, -0.05) is 27.2 Å². The van der Waals surface area contributed by atoms with Crippen LogP contribution in [0.5, 0.6) is 0 Å². The number of nitrogens with zero attached hydrogens (tertiary/aromatic N) is 1. The van der Waals surface area contributed by atoms with Gasteiger partial charge in [0.1, 0.15) is 0 Å². The van der Waals surface area contributed by atoms with Crippen molar-refractivity contribution in [1.29, 1.82) is 0 Å². The number of hydrogen-bond donors (Lipinski definition) is 0. The monoisotopic (exact) mass is 253 g/mol. The molecule has 18 heavy (non-hydrogen) atoms. The fraction of sp³-hybridized carbons (Fsp3) is 0.938. The lowest BCUT2D eigenvalue weighted by atomic mass is 9.86. The minimum absolute atomic E-state index is 0.252. The summed E-state index contributed by atoms with van der Waals surface area (Å²) in [6.07, 6.45) is 6.72. The summed E-state index contributed by atoms with van der Waals surface area (Å²) in [7, 11) is 0. The molecule has 0 aromatic heterocycles. The average molecular weight is 253 g/mol. The van der Waals surface area contributed by atoms with Gasteiger partial charge in [0.15, 0.2) is 5.78 Å². The van der Waals surface area contributed by atoms with E-state index in [1.807, 2.05) is 0 Å². The van der Waals surface area contributed by atoms with Crippen LogP contribution in [0.4, 0.5) is 0 Å². The second-order valence-electron chi connectivity index (χ2n) is 7.44. The zero-order valence-corrected chi connectivity index (χ0v) is 13.0. The van der Waals surface area contributed by atoms with Gasteiger partial charge in [-0.3, -0.25) is 9.69 Å². The number of ketones is 1. The van der Waals surface area contributed by atoms with Gasteiger partial charge in [-0.2, -0.15) is 0 Å². The van der Waals surface area contributed by atoms with Crippen molar-refractivity contribution in [3.63, 3.8) is 0 Å². The van der Waals surface area contributed by atoms with Gasteiger partial charge in [0.05, 0.1) is 5.54 Å². The third-order valence-corrected chi connectivity index (χ3v) is 4.16. The second kappa shape index (κ2) is 6.18. The lowest BCUT2D eigenvalue weighted by Crippen LogP contribution is -2.52. The maximum atomic E-state index is 12.4. The van der Waals surface area contributed by atoms with Gasteiger partial charge in [0, 0.05) is 6.42 Å². The molecule has 0 aliphatic carbocycles. The van der Waals surface area contributed by atoms with E-state index in [9.17, 15) is 4.79 Å². The van der Waals surface area contributed by atoms with E-state index in [1.165, 1.54) is 19.3 Å². The Kier molecular flexibility index (Phi) is 5.39. The molecular formula is C16H31NO. The maximum absolute atomic E-state index is 12.4. The molecular weight excluding hydrogens is 222 g/mol. The van der Waals surface area contributed by atoms with Crippen LogP contribution in [0.2, 0.25) is 0 Å². The second-order valence-corrected chi connectivity index (χ2v) is 7.44. The predicted octanol–water partition coefficient (Wildman–Crippen LogP) is 4.04. The highest BCUT2D eigenvalue weighted by atomic mass is 16.1. The maximum Gasteiger partial charge on any atom is 0.152 e. The van der Waals surface area contributed by atoms with Crippen LogP contribution in [0.3, 0.4) is 0 Å². The summed E-state index contributed by atoms with van der Waals surface area (Å²) in [6.45, 7) is 13.1. The van der Waals surface area contributed by atoms with Gasteiger partial charge in [-0.25, -0.2) is 0 Å². The number of carbonyl (C=O) groups is 1. The Balaban J connectivity index is 2.43. The molecule has 0 bridgehead atoms. The molecule has 1 saturated heterocycles. The first-order valence-corrected chi connectivity index (χ1v) is 7.52. The summed E-state index contributed by atoms with van der Waals surface area (Å²) in [5.74, 6) is 0.425. The lowest BCUT2D eigenvalue weighted by molar-refractivity contribution is -0.130. The normalized spacial score (nSPS) is 18.9. The smallest absolute Gasteiger partial charge is 0.152 e. The van der Waals surface area contributed by atoms with Gasteiger partial charge >= 0.3 is 0 Å². The molecule has 1 rings (SSSR count). The third-order valence-electron chi connectivity index (χ3n) is 4.16. The summed E-state index contributed by atoms with van der Waals surface area (Å²) in [5, 5.41) is 0. The molecule has 0 amide bonds. The molecule has 0 unspecified atom stereocenters. The van der Waals surface area contributed by atoms with Crippen molar-refractivity contribution in [3.05, 3.63) is 0 Å². The van der Waals surface area contributed by atoms with Crippen LogP contribution in [0.25, 0.3) is 0 Å². The number of hydrogen-bond acceptors (Lipinski definition) is 2. The summed E-state index contributed by atoms with van der Waals surface area (Å²) < 4.78 is 0. The van der Waals surface area contributed by atoms with Crippen molar-refractivity contribution in [1.82, 2.24) is 4.90 Å². The van der Waals surface area contributed by atoms with E-state index in [2.05, 4.69) is 39.5 Å². The Labute approximate surface area is 113 Å². The standard InChI is InChI=1S/C16H31NO/c1-15(2,3)11-9-10-14(18)16(4,5)17-12-7-6-8-13-17/h6-13H2,1-5H3. The van der Waals surface area contributed by atoms with Crippen LogP contribution in [-0.2, 0) is 4.79 Å². The molecule has 0 spiro atoms. The first-order chi connectivity index (χ1) is 8.23. The Morgan fingerprint density at radius 2 is 1.56 bits per heavy atom. The van der Waals surface area contributed by atoms with Crippen LogP contribution in [0.15, 0.2) is 0 Å². The highest BCUT2D eigenvalue weighted by Crippen LogP contribution is 2.26. The number of piperidine rings is 1. The van der Waals surface area contributed by atoms with Crippen molar-refractivity contribution < 1.29 is 4.79 Å². The lowest BCUT2D eigenvalue weighted by Gasteiger charge is -2.40. The molecule has 2 heteroatoms. The van der Waals surface area contributed by atoms with Crippen LogP contribution < -0.4 is 0 Å². The van der Waals surface area contributed by atoms with E-state index >= 15 is 0 Å². The minimum atomic E-state index is -0.252. The van der Waals surface area contributed by atoms with E-state index in [0.29, 0.717) is 11.2 Å². The number of Topliss-reactive ketones (excluding diaryl/α,β-unsaturated/α-hetero) is 1. The summed E-state index contributed by atoms with van der Waals surface area (Å²) in [4.78, 5) is 14.8. The molecule has 1 heterocycles. The van der Waals surface area contributed by atoms with Crippen molar-refractivity contribution in [2.24, 2.45) is 5.41 Å². The van der Waals surface area contributed by atoms with Crippen LogP contribution in [0.1, 0.15) is 73.1 Å². The van der Waals surface area contributed by atoms with Gasteiger partial charge in [0.25, 0.3) is 0 Å². The fourth-order valence-electron chi connectivity index (χ4n) is 2.71.